The van der Waals surface area contributed by atoms with Gasteiger partial charge in [-0.1, -0.05) is 33.8 Å². The van der Waals surface area contributed by atoms with Crippen LogP contribution in [0.5, 0.6) is 0 Å². The Balaban J connectivity index is 1.88. The van der Waals surface area contributed by atoms with Crippen molar-refractivity contribution in [2.75, 3.05) is 13.7 Å². The second-order valence-electron chi connectivity index (χ2n) is 11.0. The molecule has 2 aliphatic heterocycles. The highest BCUT2D eigenvalue weighted by Gasteiger charge is 2.77. The summed E-state index contributed by atoms with van der Waals surface area (Å²) in [6, 6.07) is 0. The fourth-order valence-electron chi connectivity index (χ4n) is 7.61. The third-order valence-corrected chi connectivity index (χ3v) is 8.71. The molecule has 2 spiro atoms. The van der Waals surface area contributed by atoms with Gasteiger partial charge in [0.25, 0.3) is 0 Å². The lowest BCUT2D eigenvalue weighted by Gasteiger charge is -2.66. The average molecular weight is 421 g/mol. The van der Waals surface area contributed by atoms with Crippen molar-refractivity contribution < 1.29 is 28.5 Å². The average Bonchev–Trinajstić information content (AvgIpc) is 3.24. The molecule has 0 unspecified atom stereocenters. The van der Waals surface area contributed by atoms with E-state index in [9.17, 15) is 9.59 Å². The molecule has 168 valence electrons. The van der Waals surface area contributed by atoms with Gasteiger partial charge in [-0.15, -0.1) is 0 Å². The zero-order chi connectivity index (χ0) is 22.2. The molecule has 4 aliphatic rings. The molecule has 0 aromatic heterocycles. The lowest BCUT2D eigenvalue weighted by Crippen LogP contribution is -2.75. The first-order valence-electron chi connectivity index (χ1n) is 11.1. The van der Waals surface area contributed by atoms with E-state index >= 15 is 0 Å². The Morgan fingerprint density at radius 1 is 1.13 bits per heavy atom. The molecule has 2 saturated heterocycles. The van der Waals surface area contributed by atoms with Gasteiger partial charge in [-0.25, -0.2) is 0 Å². The van der Waals surface area contributed by atoms with E-state index in [0.717, 1.165) is 25.7 Å². The van der Waals surface area contributed by atoms with Crippen molar-refractivity contribution in [3.63, 3.8) is 0 Å². The molecule has 6 nitrogen and oxygen atoms in total. The van der Waals surface area contributed by atoms with Gasteiger partial charge in [-0.05, 0) is 43.6 Å². The standard InChI is InChI=1S/C24H36O6/c1-15-18-20(3,4)9-8-10-21(18,5)24(22(6,19(15)26)29-16(2)25)12-11-23(30-24)13-17(27-7)28-14-23/h17-18H,1,8-14H2,2-7H3/t17-,18+,21+,22+,23-,24+/m1/s1. The molecule has 0 radical (unpaired) electrons. The largest absolute Gasteiger partial charge is 0.448 e. The number of esters is 1. The third kappa shape index (κ3) is 2.66. The number of methoxy groups -OCH3 is 1. The summed E-state index contributed by atoms with van der Waals surface area (Å²) < 4.78 is 24.2. The van der Waals surface area contributed by atoms with Crippen LogP contribution in [-0.2, 0) is 28.5 Å². The number of rotatable bonds is 2. The predicted octanol–water partition coefficient (Wildman–Crippen LogP) is 3.96. The second-order valence-corrected chi connectivity index (χ2v) is 11.0. The van der Waals surface area contributed by atoms with Gasteiger partial charge in [-0.2, -0.15) is 0 Å². The summed E-state index contributed by atoms with van der Waals surface area (Å²) >= 11 is 0. The van der Waals surface area contributed by atoms with E-state index in [1.807, 2.05) is 0 Å². The summed E-state index contributed by atoms with van der Waals surface area (Å²) in [5, 5.41) is 0. The topological polar surface area (TPSA) is 71.1 Å². The molecule has 0 aromatic carbocycles. The fraction of sp³-hybridized carbons (Fsp3) is 0.833. The Labute approximate surface area is 179 Å². The van der Waals surface area contributed by atoms with Gasteiger partial charge in [0, 0.05) is 31.8 Å². The van der Waals surface area contributed by atoms with Crippen LogP contribution in [0, 0.1) is 16.7 Å². The minimum Gasteiger partial charge on any atom is -0.448 e. The molecule has 6 heteroatoms. The molecular formula is C24H36O6. The lowest BCUT2D eigenvalue weighted by atomic mass is 9.42. The Morgan fingerprint density at radius 3 is 2.43 bits per heavy atom. The van der Waals surface area contributed by atoms with Crippen LogP contribution >= 0.6 is 0 Å². The number of hydrogen-bond donors (Lipinski definition) is 0. The number of ketones is 1. The number of carbonyl (C=O) groups is 2. The number of fused-ring (bicyclic) bond motifs is 2. The van der Waals surface area contributed by atoms with E-state index in [-0.39, 0.29) is 23.4 Å². The SMILES string of the molecule is C=C1C(=O)[C@](C)(OC(C)=O)[C@]2(CC[C@@]3(CO[C@@H](OC)C3)O2)[C@@]2(C)CCCC(C)(C)[C@H]12. The molecule has 0 N–H and O–H groups in total. The number of Topliss-reactive ketones (excluding diaryl/α,β-unsaturated/α-hetero) is 1. The predicted molar refractivity (Wildman–Crippen MR) is 111 cm³/mol. The highest BCUT2D eigenvalue weighted by molar-refractivity contribution is 6.05. The Hall–Kier alpha value is -1.24. The first-order chi connectivity index (χ1) is 13.9. The van der Waals surface area contributed by atoms with Crippen molar-refractivity contribution in [2.45, 2.75) is 96.2 Å². The third-order valence-electron chi connectivity index (χ3n) is 8.71. The van der Waals surface area contributed by atoms with Crippen molar-refractivity contribution in [3.8, 4) is 0 Å². The van der Waals surface area contributed by atoms with Crippen molar-refractivity contribution in [1.82, 2.24) is 0 Å². The summed E-state index contributed by atoms with van der Waals surface area (Å²) in [6.07, 6.45) is 4.63. The van der Waals surface area contributed by atoms with Gasteiger partial charge in [-0.3, -0.25) is 9.59 Å². The van der Waals surface area contributed by atoms with Crippen LogP contribution in [0.25, 0.3) is 0 Å². The summed E-state index contributed by atoms with van der Waals surface area (Å²) in [5.74, 6) is -0.711. The van der Waals surface area contributed by atoms with Gasteiger partial charge < -0.3 is 18.9 Å². The minimum absolute atomic E-state index is 0.0365. The number of ether oxygens (including phenoxy) is 4. The zero-order valence-corrected chi connectivity index (χ0v) is 19.3. The maximum absolute atomic E-state index is 13.8. The second kappa shape index (κ2) is 6.63. The molecule has 6 atom stereocenters. The molecule has 2 heterocycles. The number of carbonyl (C=O) groups excluding carboxylic acids is 2. The monoisotopic (exact) mass is 420 g/mol. The molecule has 4 fully saturated rings. The van der Waals surface area contributed by atoms with Crippen LogP contribution in [0.15, 0.2) is 12.2 Å². The van der Waals surface area contributed by atoms with E-state index in [4.69, 9.17) is 18.9 Å². The van der Waals surface area contributed by atoms with Crippen LogP contribution in [-0.4, -0.2) is 48.6 Å². The summed E-state index contributed by atoms with van der Waals surface area (Å²) in [7, 11) is 1.63. The molecule has 0 aromatic rings. The van der Waals surface area contributed by atoms with Crippen molar-refractivity contribution in [1.29, 1.82) is 0 Å². The fourth-order valence-corrected chi connectivity index (χ4v) is 7.61. The van der Waals surface area contributed by atoms with Crippen LogP contribution in [0.3, 0.4) is 0 Å². The summed E-state index contributed by atoms with van der Waals surface area (Å²) in [4.78, 5) is 26.0. The molecule has 0 amide bonds. The maximum Gasteiger partial charge on any atom is 0.303 e. The zero-order valence-electron chi connectivity index (χ0n) is 19.3. The molecule has 4 rings (SSSR count). The van der Waals surface area contributed by atoms with Gasteiger partial charge in [0.05, 0.1) is 12.2 Å². The van der Waals surface area contributed by atoms with Gasteiger partial charge in [0.15, 0.2) is 6.29 Å². The quantitative estimate of drug-likeness (QED) is 0.497. The number of hydrogen-bond acceptors (Lipinski definition) is 6. The van der Waals surface area contributed by atoms with Crippen LogP contribution in [0.4, 0.5) is 0 Å². The van der Waals surface area contributed by atoms with Crippen LogP contribution in [0.2, 0.25) is 0 Å². The van der Waals surface area contributed by atoms with E-state index in [2.05, 4.69) is 27.4 Å². The highest BCUT2D eigenvalue weighted by Crippen LogP contribution is 2.70. The van der Waals surface area contributed by atoms with Gasteiger partial charge in [0.1, 0.15) is 5.60 Å². The van der Waals surface area contributed by atoms with Crippen molar-refractivity contribution in [3.05, 3.63) is 12.2 Å². The van der Waals surface area contributed by atoms with Gasteiger partial charge >= 0.3 is 5.97 Å². The Bertz CT molecular complexity index is 789. The Kier molecular flexibility index (Phi) is 4.86. The van der Waals surface area contributed by atoms with Crippen molar-refractivity contribution in [2.24, 2.45) is 16.7 Å². The molecule has 2 aliphatic carbocycles. The molecule has 2 saturated carbocycles. The maximum atomic E-state index is 13.8. The van der Waals surface area contributed by atoms with Crippen LogP contribution in [0.1, 0.15) is 73.1 Å². The van der Waals surface area contributed by atoms with E-state index in [1.165, 1.54) is 6.92 Å². The first-order valence-corrected chi connectivity index (χ1v) is 11.1. The highest BCUT2D eigenvalue weighted by atomic mass is 16.7. The van der Waals surface area contributed by atoms with E-state index in [1.54, 1.807) is 14.0 Å². The molecular weight excluding hydrogens is 384 g/mol. The summed E-state index contributed by atoms with van der Waals surface area (Å²) in [6.45, 7) is 14.4. The molecule has 0 bridgehead atoms. The van der Waals surface area contributed by atoms with Gasteiger partial charge in [0.2, 0.25) is 11.4 Å². The van der Waals surface area contributed by atoms with Crippen LogP contribution < -0.4 is 0 Å². The smallest absolute Gasteiger partial charge is 0.303 e. The molecule has 30 heavy (non-hydrogen) atoms. The normalized spacial score (nSPS) is 47.7. The first kappa shape index (κ1) is 22.0. The summed E-state index contributed by atoms with van der Waals surface area (Å²) in [5.41, 5.74) is -2.79. The Morgan fingerprint density at radius 2 is 1.83 bits per heavy atom. The lowest BCUT2D eigenvalue weighted by molar-refractivity contribution is -0.277. The van der Waals surface area contributed by atoms with E-state index < -0.39 is 28.2 Å². The van der Waals surface area contributed by atoms with E-state index in [0.29, 0.717) is 25.0 Å². The minimum atomic E-state index is -1.41. The van der Waals surface area contributed by atoms with Crippen molar-refractivity contribution >= 4 is 11.8 Å².